The summed E-state index contributed by atoms with van der Waals surface area (Å²) >= 11 is 3.36. The van der Waals surface area contributed by atoms with E-state index in [-0.39, 0.29) is 6.61 Å². The lowest BCUT2D eigenvalue weighted by molar-refractivity contribution is -0.123. The number of hydrogen-bond acceptors (Lipinski definition) is 4. The Balaban J connectivity index is 1.86. The highest BCUT2D eigenvalue weighted by Crippen LogP contribution is 2.24. The van der Waals surface area contributed by atoms with Gasteiger partial charge in [0.1, 0.15) is 11.5 Å². The van der Waals surface area contributed by atoms with Crippen LogP contribution in [0.1, 0.15) is 62.4 Å². The molecule has 0 fully saturated rings. The summed E-state index contributed by atoms with van der Waals surface area (Å²) in [6.45, 7) is 8.82. The van der Waals surface area contributed by atoms with Crippen molar-refractivity contribution in [1.82, 2.24) is 10.9 Å². The van der Waals surface area contributed by atoms with Crippen LogP contribution in [0.15, 0.2) is 46.9 Å². The van der Waals surface area contributed by atoms with Crippen molar-refractivity contribution in [2.75, 3.05) is 13.2 Å². The van der Waals surface area contributed by atoms with Crippen molar-refractivity contribution in [3.63, 3.8) is 0 Å². The number of halogens is 1. The van der Waals surface area contributed by atoms with E-state index in [1.807, 2.05) is 24.3 Å². The summed E-state index contributed by atoms with van der Waals surface area (Å²) in [5.74, 6) is 1.11. The molecule has 0 spiro atoms. The van der Waals surface area contributed by atoms with Crippen molar-refractivity contribution in [2.24, 2.45) is 5.92 Å². The molecule has 2 rings (SSSR count). The summed E-state index contributed by atoms with van der Waals surface area (Å²) in [4.78, 5) is 24.6. The molecule has 0 aliphatic rings. The first-order valence-electron chi connectivity index (χ1n) is 10.5. The van der Waals surface area contributed by atoms with Crippen molar-refractivity contribution >= 4 is 27.7 Å². The molecule has 2 aromatic rings. The molecule has 0 bridgehead atoms. The van der Waals surface area contributed by atoms with E-state index < -0.39 is 11.8 Å². The molecular weight excluding hydrogens is 460 g/mol. The fourth-order valence-corrected chi connectivity index (χ4v) is 3.08. The van der Waals surface area contributed by atoms with Crippen LogP contribution in [0.3, 0.4) is 0 Å². The molecule has 0 aliphatic heterocycles. The minimum atomic E-state index is -0.466. The maximum Gasteiger partial charge on any atom is 0.276 e. The number of rotatable bonds is 10. The summed E-state index contributed by atoms with van der Waals surface area (Å²) in [6.07, 6.45) is 1.94. The number of nitrogens with one attached hydrogen (secondary N) is 2. The van der Waals surface area contributed by atoms with Crippen molar-refractivity contribution in [3.8, 4) is 11.5 Å². The van der Waals surface area contributed by atoms with Gasteiger partial charge < -0.3 is 9.47 Å². The monoisotopic (exact) mass is 490 g/mol. The second kappa shape index (κ2) is 12.3. The Hall–Kier alpha value is -2.54. The summed E-state index contributed by atoms with van der Waals surface area (Å²) < 4.78 is 12.0. The van der Waals surface area contributed by atoms with E-state index in [4.69, 9.17) is 9.47 Å². The highest BCUT2D eigenvalue weighted by atomic mass is 79.9. The number of hydrazine groups is 1. The quantitative estimate of drug-likeness (QED) is 0.447. The van der Waals surface area contributed by atoms with Gasteiger partial charge in [-0.05, 0) is 60.6 Å². The Kier molecular flexibility index (Phi) is 9.85. The topological polar surface area (TPSA) is 76.7 Å². The molecule has 6 nitrogen and oxygen atoms in total. The smallest absolute Gasteiger partial charge is 0.276 e. The number of hydrogen-bond donors (Lipinski definition) is 2. The van der Waals surface area contributed by atoms with Gasteiger partial charge in [0, 0.05) is 4.47 Å². The second-order valence-corrected chi connectivity index (χ2v) is 8.76. The molecule has 1 unspecified atom stereocenters. The Labute approximate surface area is 192 Å². The number of amides is 2. The third-order valence-corrected chi connectivity index (χ3v) is 5.38. The number of benzene rings is 2. The van der Waals surface area contributed by atoms with E-state index in [1.165, 1.54) is 5.56 Å². The Morgan fingerprint density at radius 2 is 1.71 bits per heavy atom. The molecular formula is C24H31BrN2O4. The fourth-order valence-electron chi connectivity index (χ4n) is 2.72. The normalized spacial score (nSPS) is 11.7. The molecule has 0 aromatic heterocycles. The first kappa shape index (κ1) is 24.7. The van der Waals surface area contributed by atoms with Gasteiger partial charge in [-0.3, -0.25) is 20.4 Å². The third-order valence-electron chi connectivity index (χ3n) is 4.89. The van der Waals surface area contributed by atoms with E-state index in [1.54, 1.807) is 18.2 Å². The molecule has 2 N–H and O–H groups in total. The van der Waals surface area contributed by atoms with E-state index in [2.05, 4.69) is 54.5 Å². The fraction of sp³-hybridized carbons (Fsp3) is 0.417. The van der Waals surface area contributed by atoms with Gasteiger partial charge in [-0.2, -0.15) is 0 Å². The van der Waals surface area contributed by atoms with E-state index >= 15 is 0 Å². The first-order valence-corrected chi connectivity index (χ1v) is 11.3. The Morgan fingerprint density at radius 1 is 1.00 bits per heavy atom. The predicted molar refractivity (Wildman–Crippen MR) is 125 cm³/mol. The van der Waals surface area contributed by atoms with Crippen molar-refractivity contribution in [2.45, 2.75) is 46.5 Å². The lowest BCUT2D eigenvalue weighted by Gasteiger charge is -2.14. The zero-order chi connectivity index (χ0) is 22.8. The minimum absolute atomic E-state index is 0.209. The molecule has 7 heteroatoms. The molecule has 1 atom stereocenters. The summed E-state index contributed by atoms with van der Waals surface area (Å²) in [6, 6.07) is 12.9. The van der Waals surface area contributed by atoms with Gasteiger partial charge >= 0.3 is 0 Å². The third kappa shape index (κ3) is 8.25. The van der Waals surface area contributed by atoms with Crippen LogP contribution in [0.5, 0.6) is 11.5 Å². The van der Waals surface area contributed by atoms with Crippen molar-refractivity contribution < 1.29 is 19.1 Å². The Bertz CT molecular complexity index is 868. The molecule has 2 amide bonds. The molecule has 0 aliphatic carbocycles. The number of carbonyl (C=O) groups excluding carboxylic acids is 2. The van der Waals surface area contributed by atoms with E-state index in [9.17, 15) is 9.59 Å². The second-order valence-electron chi connectivity index (χ2n) is 7.84. The van der Waals surface area contributed by atoms with Crippen LogP contribution in [0.25, 0.3) is 0 Å². The molecule has 2 aromatic carbocycles. The highest BCUT2D eigenvalue weighted by molar-refractivity contribution is 9.10. The van der Waals surface area contributed by atoms with Crippen LogP contribution in [0.4, 0.5) is 0 Å². The zero-order valence-corrected chi connectivity index (χ0v) is 20.1. The standard InChI is InChI=1S/C24H31BrN2O4/c1-5-17(4)18-6-9-20(10-7-18)31-15-23(28)26-27-24(29)21-14-19(25)8-11-22(21)30-13-12-16(2)3/h6-11,14,16-17H,5,12-13,15H2,1-4H3,(H,26,28)(H,27,29). The highest BCUT2D eigenvalue weighted by Gasteiger charge is 2.15. The molecule has 0 radical (unpaired) electrons. The van der Waals surface area contributed by atoms with Gasteiger partial charge in [0.25, 0.3) is 11.8 Å². The van der Waals surface area contributed by atoms with Crippen LogP contribution in [-0.4, -0.2) is 25.0 Å². The predicted octanol–water partition coefficient (Wildman–Crippen LogP) is 5.23. The Morgan fingerprint density at radius 3 is 2.35 bits per heavy atom. The summed E-state index contributed by atoms with van der Waals surface area (Å²) in [5, 5.41) is 0. The maximum absolute atomic E-state index is 12.6. The largest absolute Gasteiger partial charge is 0.493 e. The van der Waals surface area contributed by atoms with Crippen LogP contribution in [0, 0.1) is 5.92 Å². The van der Waals surface area contributed by atoms with Crippen LogP contribution >= 0.6 is 15.9 Å². The van der Waals surface area contributed by atoms with E-state index in [0.717, 1.165) is 17.3 Å². The molecule has 0 saturated carbocycles. The van der Waals surface area contributed by atoms with E-state index in [0.29, 0.717) is 35.5 Å². The van der Waals surface area contributed by atoms with Gasteiger partial charge in [0.2, 0.25) is 0 Å². The summed E-state index contributed by atoms with van der Waals surface area (Å²) in [5.41, 5.74) is 6.35. The molecule has 168 valence electrons. The van der Waals surface area contributed by atoms with Gasteiger partial charge in [0.05, 0.1) is 12.2 Å². The molecule has 0 heterocycles. The van der Waals surface area contributed by atoms with Crippen molar-refractivity contribution in [1.29, 1.82) is 0 Å². The van der Waals surface area contributed by atoms with Crippen LogP contribution < -0.4 is 20.3 Å². The van der Waals surface area contributed by atoms with Crippen LogP contribution in [-0.2, 0) is 4.79 Å². The summed E-state index contributed by atoms with van der Waals surface area (Å²) in [7, 11) is 0. The lowest BCUT2D eigenvalue weighted by atomic mass is 9.99. The number of ether oxygens (including phenoxy) is 2. The zero-order valence-electron chi connectivity index (χ0n) is 18.5. The SMILES string of the molecule is CCC(C)c1ccc(OCC(=O)NNC(=O)c2cc(Br)ccc2OCCC(C)C)cc1. The van der Waals surface area contributed by atoms with Gasteiger partial charge in [-0.1, -0.05) is 55.8 Å². The number of carbonyl (C=O) groups is 2. The maximum atomic E-state index is 12.6. The van der Waals surface area contributed by atoms with Gasteiger partial charge in [-0.25, -0.2) is 0 Å². The van der Waals surface area contributed by atoms with Crippen molar-refractivity contribution in [3.05, 3.63) is 58.1 Å². The lowest BCUT2D eigenvalue weighted by Crippen LogP contribution is -2.44. The average molecular weight is 491 g/mol. The molecule has 0 saturated heterocycles. The minimum Gasteiger partial charge on any atom is -0.493 e. The van der Waals surface area contributed by atoms with Crippen LogP contribution in [0.2, 0.25) is 0 Å². The van der Waals surface area contributed by atoms with Gasteiger partial charge in [-0.15, -0.1) is 0 Å². The molecule has 31 heavy (non-hydrogen) atoms. The average Bonchev–Trinajstić information content (AvgIpc) is 2.76. The van der Waals surface area contributed by atoms with Gasteiger partial charge in [0.15, 0.2) is 6.61 Å². The first-order chi connectivity index (χ1) is 14.8.